The van der Waals surface area contributed by atoms with Gasteiger partial charge in [-0.05, 0) is 26.0 Å². The minimum absolute atomic E-state index is 0.185. The maximum Gasteiger partial charge on any atom is 0.411 e. The van der Waals surface area contributed by atoms with E-state index in [1.165, 1.54) is 6.20 Å². The highest BCUT2D eigenvalue weighted by Crippen LogP contribution is 2.21. The molecule has 0 aliphatic carbocycles. The van der Waals surface area contributed by atoms with E-state index in [1.54, 1.807) is 24.4 Å². The van der Waals surface area contributed by atoms with Gasteiger partial charge in [-0.25, -0.2) is 14.8 Å². The Kier molecular flexibility index (Phi) is 3.84. The average Bonchev–Trinajstić information content (AvgIpc) is 2.89. The second kappa shape index (κ2) is 5.96. The molecule has 0 radical (unpaired) electrons. The number of amides is 1. The van der Waals surface area contributed by atoms with Gasteiger partial charge in [0.15, 0.2) is 0 Å². The molecule has 3 N–H and O–H groups in total. The predicted molar refractivity (Wildman–Crippen MR) is 88.1 cm³/mol. The van der Waals surface area contributed by atoms with E-state index < -0.39 is 6.09 Å². The third kappa shape index (κ3) is 3.39. The van der Waals surface area contributed by atoms with Crippen molar-refractivity contribution >= 4 is 23.2 Å². The summed E-state index contributed by atoms with van der Waals surface area (Å²) in [5, 5.41) is 2.63. The number of carbonyl (C=O) groups excluding carboxylic acids is 1. The van der Waals surface area contributed by atoms with E-state index in [9.17, 15) is 4.79 Å². The van der Waals surface area contributed by atoms with Crippen molar-refractivity contribution in [2.45, 2.75) is 20.0 Å². The molecule has 0 aliphatic rings. The highest BCUT2D eigenvalue weighted by Gasteiger charge is 2.09. The van der Waals surface area contributed by atoms with E-state index in [2.05, 4.69) is 15.3 Å². The molecule has 2 aromatic heterocycles. The Morgan fingerprint density at radius 2 is 2.17 bits per heavy atom. The summed E-state index contributed by atoms with van der Waals surface area (Å²) in [5.74, 6) is 0.533. The number of anilines is 2. The van der Waals surface area contributed by atoms with Crippen LogP contribution in [0.2, 0.25) is 0 Å². The zero-order valence-electron chi connectivity index (χ0n) is 12.9. The second-order valence-corrected chi connectivity index (χ2v) is 5.38. The molecule has 0 spiro atoms. The van der Waals surface area contributed by atoms with Crippen LogP contribution in [0.1, 0.15) is 13.8 Å². The molecule has 0 fully saturated rings. The number of rotatable bonds is 3. The predicted octanol–water partition coefficient (Wildman–Crippen LogP) is 2.94. The first-order valence-corrected chi connectivity index (χ1v) is 7.19. The van der Waals surface area contributed by atoms with Gasteiger partial charge in [-0.2, -0.15) is 0 Å². The lowest BCUT2D eigenvalue weighted by Crippen LogP contribution is -2.18. The minimum Gasteiger partial charge on any atom is -0.447 e. The number of hydrogen-bond acceptors (Lipinski definition) is 5. The lowest BCUT2D eigenvalue weighted by molar-refractivity contribution is 0.130. The normalized spacial score (nSPS) is 10.9. The van der Waals surface area contributed by atoms with E-state index in [1.807, 2.05) is 30.5 Å². The van der Waals surface area contributed by atoms with Crippen LogP contribution in [0.25, 0.3) is 17.0 Å². The van der Waals surface area contributed by atoms with Crippen molar-refractivity contribution in [3.05, 3.63) is 42.9 Å². The average molecular weight is 311 g/mol. The van der Waals surface area contributed by atoms with E-state index in [-0.39, 0.29) is 6.10 Å². The van der Waals surface area contributed by atoms with Crippen LogP contribution in [0.4, 0.5) is 16.2 Å². The smallest absolute Gasteiger partial charge is 0.411 e. The highest BCUT2D eigenvalue weighted by atomic mass is 16.6. The van der Waals surface area contributed by atoms with Crippen LogP contribution in [0, 0.1) is 0 Å². The van der Waals surface area contributed by atoms with Gasteiger partial charge in [0.05, 0.1) is 23.7 Å². The Balaban J connectivity index is 1.87. The molecule has 2 heterocycles. The van der Waals surface area contributed by atoms with Gasteiger partial charge in [0.1, 0.15) is 0 Å². The van der Waals surface area contributed by atoms with Crippen molar-refractivity contribution in [2.75, 3.05) is 11.1 Å². The highest BCUT2D eigenvalue weighted by molar-refractivity contribution is 5.84. The van der Waals surface area contributed by atoms with Crippen LogP contribution < -0.4 is 11.1 Å². The third-order valence-corrected chi connectivity index (χ3v) is 3.08. The Labute approximate surface area is 133 Å². The van der Waals surface area contributed by atoms with Crippen molar-refractivity contribution in [3.8, 4) is 11.3 Å². The number of nitrogens with one attached hydrogen (secondary N) is 1. The van der Waals surface area contributed by atoms with Crippen LogP contribution in [0.3, 0.4) is 0 Å². The maximum atomic E-state index is 11.6. The molecule has 7 nitrogen and oxygen atoms in total. The molecule has 3 aromatic rings. The summed E-state index contributed by atoms with van der Waals surface area (Å²) in [6.45, 7) is 3.57. The Morgan fingerprint density at radius 3 is 2.91 bits per heavy atom. The summed E-state index contributed by atoms with van der Waals surface area (Å²) in [4.78, 5) is 20.3. The second-order valence-electron chi connectivity index (χ2n) is 5.38. The Bertz CT molecular complexity index is 857. The number of fused-ring (bicyclic) bond motifs is 1. The van der Waals surface area contributed by atoms with Gasteiger partial charge in [-0.1, -0.05) is 12.1 Å². The molecule has 0 aliphatic heterocycles. The molecule has 0 saturated carbocycles. The zero-order chi connectivity index (χ0) is 16.4. The van der Waals surface area contributed by atoms with Gasteiger partial charge in [0.2, 0.25) is 5.78 Å². The third-order valence-electron chi connectivity index (χ3n) is 3.08. The summed E-state index contributed by atoms with van der Waals surface area (Å²) >= 11 is 0. The van der Waals surface area contributed by atoms with Gasteiger partial charge in [0.25, 0.3) is 0 Å². The summed E-state index contributed by atoms with van der Waals surface area (Å²) in [6, 6.07) is 7.47. The van der Waals surface area contributed by atoms with Crippen LogP contribution in [-0.2, 0) is 4.74 Å². The van der Waals surface area contributed by atoms with Crippen LogP contribution in [-0.4, -0.2) is 26.6 Å². The van der Waals surface area contributed by atoms with Gasteiger partial charge in [-0.15, -0.1) is 0 Å². The lowest BCUT2D eigenvalue weighted by Gasteiger charge is -2.09. The van der Waals surface area contributed by atoms with Crippen LogP contribution in [0.5, 0.6) is 0 Å². The number of benzene rings is 1. The molecule has 0 unspecified atom stereocenters. The number of ether oxygens (including phenoxy) is 1. The number of nitrogen functional groups attached to an aromatic ring is 1. The van der Waals surface area contributed by atoms with Crippen molar-refractivity contribution < 1.29 is 9.53 Å². The molecule has 23 heavy (non-hydrogen) atoms. The largest absolute Gasteiger partial charge is 0.447 e. The Hall–Kier alpha value is -3.09. The van der Waals surface area contributed by atoms with E-state index >= 15 is 0 Å². The summed E-state index contributed by atoms with van der Waals surface area (Å²) < 4.78 is 6.78. The molecule has 1 amide bonds. The fraction of sp³-hybridized carbons (Fsp3) is 0.188. The fourth-order valence-electron chi connectivity index (χ4n) is 2.15. The molecule has 1 aromatic carbocycles. The lowest BCUT2D eigenvalue weighted by atomic mass is 10.1. The molecule has 0 atom stereocenters. The molecule has 0 bridgehead atoms. The standard InChI is InChI=1S/C16H17N5O2/c1-10(2)23-16(22)19-13-7-18-15-20-14(9-21(15)8-13)11-4-3-5-12(17)6-11/h3-10H,17H2,1-2H3,(H,19,22). The van der Waals surface area contributed by atoms with Gasteiger partial charge in [0, 0.05) is 23.6 Å². The molecular weight excluding hydrogens is 294 g/mol. The van der Waals surface area contributed by atoms with Gasteiger partial charge in [-0.3, -0.25) is 9.72 Å². The van der Waals surface area contributed by atoms with Crippen molar-refractivity contribution in [2.24, 2.45) is 0 Å². The number of aromatic nitrogens is 3. The molecular formula is C16H17N5O2. The molecule has 3 rings (SSSR count). The van der Waals surface area contributed by atoms with Crippen LogP contribution in [0.15, 0.2) is 42.9 Å². The summed E-state index contributed by atoms with van der Waals surface area (Å²) in [7, 11) is 0. The first-order chi connectivity index (χ1) is 11.0. The number of nitrogens with zero attached hydrogens (tertiary/aromatic N) is 3. The van der Waals surface area contributed by atoms with E-state index in [0.29, 0.717) is 17.2 Å². The maximum absolute atomic E-state index is 11.6. The van der Waals surface area contributed by atoms with Crippen molar-refractivity contribution in [3.63, 3.8) is 0 Å². The Morgan fingerprint density at radius 1 is 1.35 bits per heavy atom. The summed E-state index contributed by atoms with van der Waals surface area (Å²) in [5.41, 5.74) is 8.66. The quantitative estimate of drug-likeness (QED) is 0.725. The number of carbonyl (C=O) groups is 1. The SMILES string of the molecule is CC(C)OC(=O)Nc1cnc2nc(-c3cccc(N)c3)cn2c1. The molecule has 0 saturated heterocycles. The van der Waals surface area contributed by atoms with Gasteiger partial charge < -0.3 is 10.5 Å². The first kappa shape index (κ1) is 14.8. The fourth-order valence-corrected chi connectivity index (χ4v) is 2.15. The van der Waals surface area contributed by atoms with Crippen molar-refractivity contribution in [1.82, 2.24) is 14.4 Å². The number of nitrogens with two attached hydrogens (primary N) is 1. The molecule has 118 valence electrons. The zero-order valence-corrected chi connectivity index (χ0v) is 12.9. The monoisotopic (exact) mass is 311 g/mol. The van der Waals surface area contributed by atoms with Crippen LogP contribution >= 0.6 is 0 Å². The minimum atomic E-state index is -0.516. The topological polar surface area (TPSA) is 94.5 Å². The summed E-state index contributed by atoms with van der Waals surface area (Å²) in [6.07, 6.45) is 4.39. The van der Waals surface area contributed by atoms with E-state index in [4.69, 9.17) is 10.5 Å². The number of hydrogen-bond donors (Lipinski definition) is 2. The molecule has 7 heteroatoms. The number of imidazole rings is 1. The van der Waals surface area contributed by atoms with Gasteiger partial charge >= 0.3 is 6.09 Å². The first-order valence-electron chi connectivity index (χ1n) is 7.19. The van der Waals surface area contributed by atoms with E-state index in [0.717, 1.165) is 11.3 Å². The van der Waals surface area contributed by atoms with Crippen molar-refractivity contribution in [1.29, 1.82) is 0 Å².